The van der Waals surface area contributed by atoms with Crippen LogP contribution >= 0.6 is 23.2 Å². The molecule has 1 aliphatic heterocycles. The Hall–Kier alpha value is -0.840. The number of nitrogens with one attached hydrogen (secondary N) is 1. The third kappa shape index (κ3) is 4.56. The molecule has 1 aromatic heterocycles. The normalized spacial score (nSPS) is 17.8. The monoisotopic (exact) mass is 329 g/mol. The minimum absolute atomic E-state index is 0.143. The smallest absolute Gasteiger partial charge is 0.251 e. The molecule has 0 radical (unpaired) electrons. The zero-order valence-electron chi connectivity index (χ0n) is 12.6. The second kappa shape index (κ2) is 6.51. The van der Waals surface area contributed by atoms with Gasteiger partial charge in [-0.3, -0.25) is 9.69 Å². The lowest BCUT2D eigenvalue weighted by molar-refractivity contribution is 0.0812. The molecule has 2 rings (SSSR count). The fraction of sp³-hybridized carbons (Fsp3) is 0.600. The van der Waals surface area contributed by atoms with Gasteiger partial charge in [-0.15, -0.1) is 0 Å². The summed E-state index contributed by atoms with van der Waals surface area (Å²) in [4.78, 5) is 18.5. The summed E-state index contributed by atoms with van der Waals surface area (Å²) in [5.74, 6) is -0.143. The molecule has 116 valence electrons. The van der Waals surface area contributed by atoms with E-state index in [1.54, 1.807) is 0 Å². The predicted octanol–water partition coefficient (Wildman–Crippen LogP) is 3.38. The molecule has 1 fully saturated rings. The molecule has 1 N–H and O–H groups in total. The number of piperidine rings is 1. The van der Waals surface area contributed by atoms with Crippen LogP contribution in [0, 0.1) is 0 Å². The van der Waals surface area contributed by atoms with E-state index in [0.29, 0.717) is 5.56 Å². The zero-order chi connectivity index (χ0) is 15.6. The molecule has 0 spiro atoms. The highest BCUT2D eigenvalue weighted by molar-refractivity contribution is 6.33. The lowest BCUT2D eigenvalue weighted by atomic mass is 9.98. The van der Waals surface area contributed by atoms with E-state index in [1.807, 2.05) is 0 Å². The number of likely N-dealkylation sites (tertiary alicyclic amines) is 1. The molecular weight excluding hydrogens is 309 g/mol. The lowest BCUT2D eigenvalue weighted by Gasteiger charge is -2.41. The Morgan fingerprint density at radius 2 is 1.76 bits per heavy atom. The van der Waals surface area contributed by atoms with Crippen LogP contribution in [-0.2, 0) is 0 Å². The van der Waals surface area contributed by atoms with Crippen LogP contribution < -0.4 is 5.32 Å². The van der Waals surface area contributed by atoms with Crippen LogP contribution in [0.15, 0.2) is 12.1 Å². The number of hydrogen-bond donors (Lipinski definition) is 1. The van der Waals surface area contributed by atoms with Crippen molar-refractivity contribution in [2.75, 3.05) is 13.1 Å². The van der Waals surface area contributed by atoms with E-state index < -0.39 is 0 Å². The maximum absolute atomic E-state index is 12.2. The van der Waals surface area contributed by atoms with Gasteiger partial charge in [-0.2, -0.15) is 0 Å². The van der Waals surface area contributed by atoms with Crippen LogP contribution in [0.3, 0.4) is 0 Å². The molecule has 0 atom stereocenters. The number of aromatic nitrogens is 1. The van der Waals surface area contributed by atoms with Crippen LogP contribution in [0.1, 0.15) is 44.0 Å². The van der Waals surface area contributed by atoms with Gasteiger partial charge >= 0.3 is 0 Å². The van der Waals surface area contributed by atoms with Gasteiger partial charge in [0.1, 0.15) is 10.3 Å². The van der Waals surface area contributed by atoms with Gasteiger partial charge in [-0.05, 0) is 45.7 Å². The van der Waals surface area contributed by atoms with Crippen molar-refractivity contribution in [1.82, 2.24) is 15.2 Å². The summed E-state index contributed by atoms with van der Waals surface area (Å²) >= 11 is 11.6. The molecule has 21 heavy (non-hydrogen) atoms. The summed E-state index contributed by atoms with van der Waals surface area (Å²) in [7, 11) is 0. The number of carbonyl (C=O) groups excluding carboxylic acids is 1. The van der Waals surface area contributed by atoms with Crippen molar-refractivity contribution in [3.05, 3.63) is 28.0 Å². The second-order valence-corrected chi connectivity index (χ2v) is 7.18. The Morgan fingerprint density at radius 3 is 2.24 bits per heavy atom. The van der Waals surface area contributed by atoms with Crippen LogP contribution in [0.25, 0.3) is 0 Å². The first kappa shape index (κ1) is 16.5. The van der Waals surface area contributed by atoms with E-state index in [4.69, 9.17) is 23.2 Å². The summed E-state index contributed by atoms with van der Waals surface area (Å²) in [5, 5.41) is 3.51. The molecule has 1 aromatic rings. The van der Waals surface area contributed by atoms with Crippen molar-refractivity contribution in [3.63, 3.8) is 0 Å². The molecule has 0 aromatic carbocycles. The van der Waals surface area contributed by atoms with Crippen molar-refractivity contribution in [2.24, 2.45) is 0 Å². The lowest BCUT2D eigenvalue weighted by Crippen LogP contribution is -2.50. The number of carbonyl (C=O) groups is 1. The van der Waals surface area contributed by atoms with Crippen LogP contribution in [-0.4, -0.2) is 40.5 Å². The molecule has 1 saturated heterocycles. The van der Waals surface area contributed by atoms with Gasteiger partial charge in [0.25, 0.3) is 5.91 Å². The molecule has 4 nitrogen and oxygen atoms in total. The molecule has 6 heteroatoms. The summed E-state index contributed by atoms with van der Waals surface area (Å²) in [5.41, 5.74) is 0.638. The van der Waals surface area contributed by atoms with Gasteiger partial charge in [0.2, 0.25) is 0 Å². The quantitative estimate of drug-likeness (QED) is 0.846. The molecule has 0 bridgehead atoms. The van der Waals surface area contributed by atoms with Gasteiger partial charge in [-0.1, -0.05) is 23.2 Å². The van der Waals surface area contributed by atoms with Gasteiger partial charge < -0.3 is 5.32 Å². The molecule has 0 aliphatic carbocycles. The highest BCUT2D eigenvalue weighted by Crippen LogP contribution is 2.21. The predicted molar refractivity (Wildman–Crippen MR) is 86.1 cm³/mol. The molecule has 1 aliphatic rings. The summed E-state index contributed by atoms with van der Waals surface area (Å²) < 4.78 is 0. The number of amides is 1. The Labute approximate surface area is 135 Å². The summed E-state index contributed by atoms with van der Waals surface area (Å²) in [6, 6.07) is 3.27. The SMILES string of the molecule is CC(C)(C)N1CCC(NC(=O)c2cc(Cl)nc(Cl)c2)CC1. The topological polar surface area (TPSA) is 45.2 Å². The Kier molecular flexibility index (Phi) is 5.12. The average molecular weight is 330 g/mol. The minimum atomic E-state index is -0.143. The molecule has 2 heterocycles. The fourth-order valence-corrected chi connectivity index (χ4v) is 3.02. The number of rotatable bonds is 2. The van der Waals surface area contributed by atoms with Crippen LogP contribution in [0.5, 0.6) is 0 Å². The van der Waals surface area contributed by atoms with Crippen molar-refractivity contribution >= 4 is 29.1 Å². The molecule has 0 saturated carbocycles. The van der Waals surface area contributed by atoms with E-state index in [-0.39, 0.29) is 27.8 Å². The largest absolute Gasteiger partial charge is 0.349 e. The highest BCUT2D eigenvalue weighted by Gasteiger charge is 2.27. The van der Waals surface area contributed by atoms with E-state index >= 15 is 0 Å². The summed E-state index contributed by atoms with van der Waals surface area (Å²) in [6.07, 6.45) is 1.91. The van der Waals surface area contributed by atoms with Gasteiger partial charge in [-0.25, -0.2) is 4.98 Å². The number of nitrogens with zero attached hydrogens (tertiary/aromatic N) is 2. The van der Waals surface area contributed by atoms with E-state index in [0.717, 1.165) is 25.9 Å². The molecular formula is C15H21Cl2N3O. The van der Waals surface area contributed by atoms with E-state index in [2.05, 4.69) is 36.0 Å². The molecule has 0 unspecified atom stereocenters. The van der Waals surface area contributed by atoms with E-state index in [1.165, 1.54) is 12.1 Å². The maximum atomic E-state index is 12.2. The minimum Gasteiger partial charge on any atom is -0.349 e. The zero-order valence-corrected chi connectivity index (χ0v) is 14.1. The third-order valence-electron chi connectivity index (χ3n) is 3.80. The number of halogens is 2. The number of pyridine rings is 1. The van der Waals surface area contributed by atoms with Gasteiger partial charge in [0.05, 0.1) is 0 Å². The van der Waals surface area contributed by atoms with Gasteiger partial charge in [0, 0.05) is 30.2 Å². The Morgan fingerprint density at radius 1 is 1.24 bits per heavy atom. The Balaban J connectivity index is 1.93. The maximum Gasteiger partial charge on any atom is 0.251 e. The first-order valence-corrected chi connectivity index (χ1v) is 7.90. The van der Waals surface area contributed by atoms with E-state index in [9.17, 15) is 4.79 Å². The highest BCUT2D eigenvalue weighted by atomic mass is 35.5. The third-order valence-corrected chi connectivity index (χ3v) is 4.19. The summed E-state index contributed by atoms with van der Waals surface area (Å²) in [6.45, 7) is 8.63. The van der Waals surface area contributed by atoms with Gasteiger partial charge in [0.15, 0.2) is 0 Å². The Bertz CT molecular complexity index is 500. The van der Waals surface area contributed by atoms with Crippen molar-refractivity contribution in [1.29, 1.82) is 0 Å². The fourth-order valence-electron chi connectivity index (χ4n) is 2.56. The first-order chi connectivity index (χ1) is 9.75. The number of hydrogen-bond acceptors (Lipinski definition) is 3. The first-order valence-electron chi connectivity index (χ1n) is 7.15. The second-order valence-electron chi connectivity index (χ2n) is 6.41. The van der Waals surface area contributed by atoms with Crippen LogP contribution in [0.2, 0.25) is 10.3 Å². The van der Waals surface area contributed by atoms with Crippen LogP contribution in [0.4, 0.5) is 0 Å². The standard InChI is InChI=1S/C15H21Cl2N3O/c1-15(2,3)20-6-4-11(5-7-20)18-14(21)10-8-12(16)19-13(17)9-10/h8-9,11H,4-7H2,1-3H3,(H,18,21). The van der Waals surface area contributed by atoms with Crippen molar-refractivity contribution in [3.8, 4) is 0 Å². The molecule has 1 amide bonds. The van der Waals surface area contributed by atoms with Crippen molar-refractivity contribution < 1.29 is 4.79 Å². The van der Waals surface area contributed by atoms with Crippen molar-refractivity contribution in [2.45, 2.75) is 45.2 Å². The average Bonchev–Trinajstić information content (AvgIpc) is 2.37.